The zero-order valence-corrected chi connectivity index (χ0v) is 20.1. The molecule has 0 N–H and O–H groups in total. The quantitative estimate of drug-likeness (QED) is 0.204. The van der Waals surface area contributed by atoms with Crippen molar-refractivity contribution in [3.8, 4) is 17.0 Å². The van der Waals surface area contributed by atoms with E-state index in [9.17, 15) is 0 Å². The minimum Gasteiger partial charge on any atom is -0.489 e. The number of halogens is 2. The van der Waals surface area contributed by atoms with E-state index >= 15 is 0 Å². The third kappa shape index (κ3) is 4.96. The van der Waals surface area contributed by atoms with Crippen molar-refractivity contribution in [1.82, 2.24) is 9.97 Å². The van der Waals surface area contributed by atoms with Crippen molar-refractivity contribution < 1.29 is 9.30 Å². The second-order valence-electron chi connectivity index (χ2n) is 7.67. The first kappa shape index (κ1) is 23.5. The highest BCUT2D eigenvalue weighted by molar-refractivity contribution is 6.30. The van der Waals surface area contributed by atoms with Gasteiger partial charge in [-0.25, -0.2) is 19.0 Å². The maximum atomic E-state index is 6.76. The topological polar surface area (TPSA) is 42.1 Å². The first-order valence-electron chi connectivity index (χ1n) is 10.6. The van der Waals surface area contributed by atoms with Gasteiger partial charge in [0.1, 0.15) is 25.7 Å². The Balaban J connectivity index is 0.00000274. The van der Waals surface area contributed by atoms with Gasteiger partial charge in [0, 0.05) is 34.9 Å². The lowest BCUT2D eigenvalue weighted by atomic mass is 10.1. The zero-order chi connectivity index (χ0) is 22.6. The molecule has 5 nitrogen and oxygen atoms in total. The molecule has 0 aliphatic heterocycles. The fraction of sp³-hybridized carbons (Fsp3) is 0.0741. The molecule has 0 unspecified atom stereocenters. The normalized spacial score (nSPS) is 10.5. The van der Waals surface area contributed by atoms with Crippen molar-refractivity contribution in [3.05, 3.63) is 109 Å². The van der Waals surface area contributed by atoms with Crippen molar-refractivity contribution in [2.45, 2.75) is 6.61 Å². The zero-order valence-electron chi connectivity index (χ0n) is 18.5. The lowest BCUT2D eigenvalue weighted by Crippen LogP contribution is -2.29. The molecule has 0 aliphatic carbocycles. The summed E-state index contributed by atoms with van der Waals surface area (Å²) in [6.07, 6.45) is 3.56. The number of anilines is 2. The van der Waals surface area contributed by atoms with E-state index in [1.165, 1.54) is 6.33 Å². The van der Waals surface area contributed by atoms with Crippen LogP contribution in [0.15, 0.2) is 104 Å². The first-order valence-corrected chi connectivity index (χ1v) is 11.0. The van der Waals surface area contributed by atoms with Gasteiger partial charge in [0.05, 0.1) is 11.2 Å². The molecular formula is C27H23Cl2N4O+. The van der Waals surface area contributed by atoms with Crippen LogP contribution < -0.4 is 13.7 Å². The van der Waals surface area contributed by atoms with Crippen molar-refractivity contribution in [3.63, 3.8) is 0 Å². The number of hydrogen-bond acceptors (Lipinski definition) is 4. The Morgan fingerprint density at radius 2 is 1.65 bits per heavy atom. The molecular weight excluding hydrogens is 467 g/mol. The molecule has 5 rings (SSSR count). The average molecular weight is 490 g/mol. The second-order valence-corrected chi connectivity index (χ2v) is 8.01. The van der Waals surface area contributed by atoms with Gasteiger partial charge < -0.3 is 4.74 Å². The largest absolute Gasteiger partial charge is 0.489 e. The summed E-state index contributed by atoms with van der Waals surface area (Å²) in [5, 5.41) is 0.873. The van der Waals surface area contributed by atoms with Crippen molar-refractivity contribution in [2.24, 2.45) is 7.05 Å². The predicted molar refractivity (Wildman–Crippen MR) is 139 cm³/mol. The van der Waals surface area contributed by atoms with Gasteiger partial charge in [-0.3, -0.25) is 0 Å². The highest BCUT2D eigenvalue weighted by Gasteiger charge is 2.16. The maximum Gasteiger partial charge on any atom is 0.212 e. The maximum absolute atomic E-state index is 6.76. The molecule has 7 heteroatoms. The Bertz CT molecular complexity index is 1400. The average Bonchev–Trinajstić information content (AvgIpc) is 2.87. The Labute approximate surface area is 209 Å². The van der Waals surface area contributed by atoms with Gasteiger partial charge in [-0.05, 0) is 54.1 Å². The smallest absolute Gasteiger partial charge is 0.212 e. The van der Waals surface area contributed by atoms with E-state index in [1.807, 2.05) is 86.0 Å². The van der Waals surface area contributed by atoms with Gasteiger partial charge >= 0.3 is 0 Å². The van der Waals surface area contributed by atoms with E-state index in [-0.39, 0.29) is 12.4 Å². The molecule has 0 saturated heterocycles. The summed E-state index contributed by atoms with van der Waals surface area (Å²) in [5.74, 6) is 1.40. The first-order chi connectivity index (χ1) is 16.2. The number of hydrogen-bond donors (Lipinski definition) is 0. The molecule has 0 radical (unpaired) electrons. The van der Waals surface area contributed by atoms with Crippen molar-refractivity contribution in [1.29, 1.82) is 0 Å². The van der Waals surface area contributed by atoms with Crippen LogP contribution in [0.25, 0.3) is 22.2 Å². The van der Waals surface area contributed by atoms with Crippen LogP contribution in [-0.2, 0) is 13.7 Å². The van der Waals surface area contributed by atoms with E-state index in [4.69, 9.17) is 16.5 Å². The molecule has 0 saturated carbocycles. The number of aryl methyl sites for hydroxylation is 1. The number of rotatable bonds is 6. The van der Waals surface area contributed by atoms with Gasteiger partial charge in [0.2, 0.25) is 5.69 Å². The van der Waals surface area contributed by atoms with Crippen LogP contribution in [0, 0.1) is 0 Å². The summed E-state index contributed by atoms with van der Waals surface area (Å²) in [4.78, 5) is 8.90. The van der Waals surface area contributed by atoms with Crippen LogP contribution in [0.1, 0.15) is 5.56 Å². The van der Waals surface area contributed by atoms with Gasteiger partial charge in [0.25, 0.3) is 0 Å². The fourth-order valence-corrected chi connectivity index (χ4v) is 3.97. The summed E-state index contributed by atoms with van der Waals surface area (Å²) in [7, 11) is 2.03. The molecule has 0 amide bonds. The SMILES string of the molecule is C[n+]1ccccc1-c1ccc2ncnc(N(Cl)c3ccc(OCc4ccccc4)cc3)c2c1.Cl. The molecule has 170 valence electrons. The standard InChI is InChI=1S/C27H22ClN4O.ClH/c1-31-16-6-5-9-26(31)21-10-15-25-24(17-21)27(30-19-29-25)32(28)22-11-13-23(14-12-22)33-18-20-7-3-2-4-8-20;/h2-17,19H,18H2,1H3;1H/q+1;. The van der Waals surface area contributed by atoms with Crippen LogP contribution in [0.2, 0.25) is 0 Å². The Morgan fingerprint density at radius 1 is 0.882 bits per heavy atom. The van der Waals surface area contributed by atoms with Crippen LogP contribution in [0.5, 0.6) is 5.75 Å². The summed E-state index contributed by atoms with van der Waals surface area (Å²) in [6, 6.07) is 30.0. The second kappa shape index (κ2) is 10.5. The summed E-state index contributed by atoms with van der Waals surface area (Å²) in [6.45, 7) is 0.515. The van der Waals surface area contributed by atoms with E-state index in [0.29, 0.717) is 12.4 Å². The van der Waals surface area contributed by atoms with Crippen molar-refractivity contribution >= 4 is 46.6 Å². The summed E-state index contributed by atoms with van der Waals surface area (Å²) in [5.41, 5.74) is 4.90. The molecule has 0 aliphatic rings. The van der Waals surface area contributed by atoms with Crippen LogP contribution in [0.4, 0.5) is 11.5 Å². The molecule has 2 heterocycles. The molecule has 0 spiro atoms. The summed E-state index contributed by atoms with van der Waals surface area (Å²) < 4.78 is 9.53. The number of nitrogens with zero attached hydrogens (tertiary/aromatic N) is 4. The summed E-state index contributed by atoms with van der Waals surface area (Å²) >= 11 is 6.76. The van der Waals surface area contributed by atoms with E-state index in [1.54, 1.807) is 4.42 Å². The third-order valence-electron chi connectivity index (χ3n) is 5.46. The molecule has 3 aromatic carbocycles. The molecule has 0 fully saturated rings. The van der Waals surface area contributed by atoms with Crippen LogP contribution in [-0.4, -0.2) is 9.97 Å². The number of benzene rings is 3. The Hall–Kier alpha value is -3.67. The minimum absolute atomic E-state index is 0. The monoisotopic (exact) mass is 489 g/mol. The van der Waals surface area contributed by atoms with Gasteiger partial charge in [-0.1, -0.05) is 30.3 Å². The number of pyridine rings is 1. The fourth-order valence-electron chi connectivity index (χ4n) is 3.72. The number of fused-ring (bicyclic) bond motifs is 1. The Morgan fingerprint density at radius 3 is 2.41 bits per heavy atom. The lowest BCUT2D eigenvalue weighted by molar-refractivity contribution is -0.660. The minimum atomic E-state index is 0. The van der Waals surface area contributed by atoms with Gasteiger partial charge in [0.15, 0.2) is 12.0 Å². The molecule has 5 aromatic rings. The number of ether oxygens (including phenoxy) is 1. The van der Waals surface area contributed by atoms with Crippen LogP contribution >= 0.6 is 24.2 Å². The molecule has 0 atom stereocenters. The highest BCUT2D eigenvalue weighted by Crippen LogP contribution is 2.34. The van der Waals surface area contributed by atoms with Gasteiger partial charge in [-0.15, -0.1) is 12.4 Å². The third-order valence-corrected chi connectivity index (χ3v) is 5.82. The van der Waals surface area contributed by atoms with Gasteiger partial charge in [-0.2, -0.15) is 0 Å². The van der Waals surface area contributed by atoms with E-state index < -0.39 is 0 Å². The Kier molecular flexibility index (Phi) is 7.26. The highest BCUT2D eigenvalue weighted by atomic mass is 35.5. The van der Waals surface area contributed by atoms with E-state index in [0.717, 1.165) is 39.2 Å². The number of aromatic nitrogens is 3. The predicted octanol–water partition coefficient (Wildman–Crippen LogP) is 6.41. The van der Waals surface area contributed by atoms with E-state index in [2.05, 4.69) is 32.7 Å². The molecule has 2 aromatic heterocycles. The molecule has 0 bridgehead atoms. The van der Waals surface area contributed by atoms with Crippen LogP contribution in [0.3, 0.4) is 0 Å². The molecule has 34 heavy (non-hydrogen) atoms. The lowest BCUT2D eigenvalue weighted by Gasteiger charge is -2.17. The van der Waals surface area contributed by atoms with Crippen molar-refractivity contribution in [2.75, 3.05) is 4.42 Å².